The van der Waals surface area contributed by atoms with E-state index in [2.05, 4.69) is 25.2 Å². The topological polar surface area (TPSA) is 100 Å². The minimum absolute atomic E-state index is 0.0468. The lowest BCUT2D eigenvalue weighted by Gasteiger charge is -2.35. The quantitative estimate of drug-likeness (QED) is 0.729. The molecule has 3 aromatic rings. The highest BCUT2D eigenvalue weighted by Crippen LogP contribution is 2.26. The monoisotopic (exact) mass is 369 g/mol. The predicted molar refractivity (Wildman–Crippen MR) is 102 cm³/mol. The third-order valence-electron chi connectivity index (χ3n) is 4.35. The molecule has 2 amide bonds. The van der Waals surface area contributed by atoms with Crippen LogP contribution in [0.1, 0.15) is 5.56 Å². The number of hydrogen-bond acceptors (Lipinski definition) is 7. The molecule has 0 unspecified atom stereocenters. The Morgan fingerprint density at radius 3 is 2.69 bits per heavy atom. The molecule has 26 heavy (non-hydrogen) atoms. The van der Waals surface area contributed by atoms with Crippen molar-refractivity contribution < 1.29 is 4.79 Å². The Hall–Kier alpha value is -2.94. The third kappa shape index (κ3) is 3.38. The molecule has 2 aromatic heterocycles. The van der Waals surface area contributed by atoms with Crippen molar-refractivity contribution in [3.63, 3.8) is 0 Å². The van der Waals surface area contributed by atoms with Crippen molar-refractivity contribution in [2.45, 2.75) is 6.54 Å². The molecular formula is C17H19N7OS. The summed E-state index contributed by atoms with van der Waals surface area (Å²) in [6.45, 7) is 3.14. The van der Waals surface area contributed by atoms with Crippen molar-refractivity contribution in [3.8, 4) is 0 Å². The predicted octanol–water partition coefficient (Wildman–Crippen LogP) is 1.70. The number of benzene rings is 1. The smallest absolute Gasteiger partial charge is 0.317 e. The molecule has 0 atom stereocenters. The molecule has 8 nitrogen and oxygen atoms in total. The number of nitrogens with zero attached hydrogens (tertiary/aromatic N) is 5. The highest BCUT2D eigenvalue weighted by atomic mass is 32.1. The number of urea groups is 1. The molecule has 1 aromatic carbocycles. The number of nitrogens with one attached hydrogen (secondary N) is 1. The van der Waals surface area contributed by atoms with E-state index in [1.165, 1.54) is 11.3 Å². The maximum atomic E-state index is 12.4. The first-order chi connectivity index (χ1) is 12.7. The van der Waals surface area contributed by atoms with Crippen LogP contribution < -0.4 is 16.0 Å². The van der Waals surface area contributed by atoms with Crippen LogP contribution in [0.2, 0.25) is 0 Å². The van der Waals surface area contributed by atoms with Crippen LogP contribution in [-0.2, 0) is 6.54 Å². The van der Waals surface area contributed by atoms with Crippen molar-refractivity contribution in [2.75, 3.05) is 36.8 Å². The molecule has 0 radical (unpaired) electrons. The second-order valence-electron chi connectivity index (χ2n) is 6.03. The number of aromatic nitrogens is 3. The molecular weight excluding hydrogens is 350 g/mol. The van der Waals surface area contributed by atoms with Crippen LogP contribution in [0.15, 0.2) is 35.8 Å². The molecule has 134 valence electrons. The highest BCUT2D eigenvalue weighted by Gasteiger charge is 2.24. The number of rotatable bonds is 3. The Morgan fingerprint density at radius 1 is 1.15 bits per heavy atom. The van der Waals surface area contributed by atoms with Crippen LogP contribution in [0.5, 0.6) is 0 Å². The fraction of sp³-hybridized carbons (Fsp3) is 0.294. The van der Waals surface area contributed by atoms with Crippen LogP contribution >= 0.6 is 11.3 Å². The second kappa shape index (κ2) is 7.12. The molecule has 0 spiro atoms. The van der Waals surface area contributed by atoms with Gasteiger partial charge in [-0.3, -0.25) is 0 Å². The van der Waals surface area contributed by atoms with E-state index in [0.717, 1.165) is 21.7 Å². The van der Waals surface area contributed by atoms with Crippen molar-refractivity contribution in [2.24, 2.45) is 0 Å². The van der Waals surface area contributed by atoms with Gasteiger partial charge in [-0.25, -0.2) is 14.8 Å². The molecule has 0 bridgehead atoms. The minimum atomic E-state index is -0.0468. The van der Waals surface area contributed by atoms with Gasteiger partial charge in [-0.2, -0.15) is 4.98 Å². The fourth-order valence-electron chi connectivity index (χ4n) is 2.99. The van der Waals surface area contributed by atoms with Crippen LogP contribution in [0.4, 0.5) is 16.6 Å². The molecule has 0 saturated carbocycles. The molecule has 1 aliphatic rings. The molecule has 9 heteroatoms. The van der Waals surface area contributed by atoms with Gasteiger partial charge in [0.1, 0.15) is 5.52 Å². The van der Waals surface area contributed by atoms with Crippen LogP contribution in [0, 0.1) is 0 Å². The fourth-order valence-corrected chi connectivity index (χ4v) is 3.65. The van der Waals surface area contributed by atoms with Crippen molar-refractivity contribution in [1.29, 1.82) is 0 Å². The van der Waals surface area contributed by atoms with Gasteiger partial charge in [-0.05, 0) is 5.56 Å². The second-order valence-corrected chi connectivity index (χ2v) is 6.86. The number of thiazole rings is 1. The first-order valence-corrected chi connectivity index (χ1v) is 9.27. The summed E-state index contributed by atoms with van der Waals surface area (Å²) in [4.78, 5) is 30.0. The molecule has 1 aliphatic heterocycles. The summed E-state index contributed by atoms with van der Waals surface area (Å²) in [7, 11) is 0. The largest absolute Gasteiger partial charge is 0.368 e. The molecule has 3 N–H and O–H groups in total. The minimum Gasteiger partial charge on any atom is -0.368 e. The zero-order chi connectivity index (χ0) is 17.9. The summed E-state index contributed by atoms with van der Waals surface area (Å²) in [6, 6.07) is 9.84. The van der Waals surface area contributed by atoms with Gasteiger partial charge in [-0.15, -0.1) is 11.3 Å². The van der Waals surface area contributed by atoms with Crippen LogP contribution in [-0.4, -0.2) is 52.1 Å². The number of piperazine rings is 1. The molecule has 1 saturated heterocycles. The summed E-state index contributed by atoms with van der Waals surface area (Å²) in [5.41, 5.74) is 9.42. The summed E-state index contributed by atoms with van der Waals surface area (Å²) in [6.07, 6.45) is 0. The number of hydrogen-bond donors (Lipinski definition) is 2. The van der Waals surface area contributed by atoms with E-state index < -0.39 is 0 Å². The van der Waals surface area contributed by atoms with E-state index in [1.54, 1.807) is 5.51 Å². The Balaban J connectivity index is 1.37. The van der Waals surface area contributed by atoms with Gasteiger partial charge in [-0.1, -0.05) is 30.3 Å². The normalized spacial score (nSPS) is 14.6. The van der Waals surface area contributed by atoms with E-state index in [9.17, 15) is 4.79 Å². The van der Waals surface area contributed by atoms with Crippen molar-refractivity contribution in [3.05, 3.63) is 41.4 Å². The molecule has 1 fully saturated rings. The Morgan fingerprint density at radius 2 is 1.92 bits per heavy atom. The van der Waals surface area contributed by atoms with Gasteiger partial charge in [0.25, 0.3) is 0 Å². The lowest BCUT2D eigenvalue weighted by Crippen LogP contribution is -2.52. The van der Waals surface area contributed by atoms with Gasteiger partial charge in [0, 0.05) is 32.7 Å². The van der Waals surface area contributed by atoms with E-state index >= 15 is 0 Å². The molecule has 3 heterocycles. The van der Waals surface area contributed by atoms with Gasteiger partial charge in [0.2, 0.25) is 5.95 Å². The first kappa shape index (κ1) is 16.5. The zero-order valence-electron chi connectivity index (χ0n) is 14.1. The Kier molecular flexibility index (Phi) is 4.53. The molecule has 4 rings (SSSR count). The van der Waals surface area contributed by atoms with Gasteiger partial charge in [0.15, 0.2) is 10.6 Å². The number of amides is 2. The van der Waals surface area contributed by atoms with Crippen LogP contribution in [0.25, 0.3) is 10.3 Å². The average Bonchev–Trinajstić information content (AvgIpc) is 3.15. The number of fused-ring (bicyclic) bond motifs is 1. The number of carbonyl (C=O) groups is 1. The van der Waals surface area contributed by atoms with Crippen molar-refractivity contribution >= 4 is 39.5 Å². The van der Waals surface area contributed by atoms with Crippen LogP contribution in [0.3, 0.4) is 0 Å². The van der Waals surface area contributed by atoms with E-state index in [4.69, 9.17) is 5.73 Å². The number of nitrogen functional groups attached to an aromatic ring is 1. The van der Waals surface area contributed by atoms with Gasteiger partial charge < -0.3 is 20.9 Å². The van der Waals surface area contributed by atoms with E-state index in [0.29, 0.717) is 32.7 Å². The first-order valence-electron chi connectivity index (χ1n) is 8.39. The SMILES string of the molecule is Nc1nc(N2CCN(C(=O)NCc3ccccc3)CC2)c2ncsc2n1. The molecule has 0 aliphatic carbocycles. The van der Waals surface area contributed by atoms with E-state index in [1.807, 2.05) is 35.2 Å². The summed E-state index contributed by atoms with van der Waals surface area (Å²) in [5.74, 6) is 0.998. The highest BCUT2D eigenvalue weighted by molar-refractivity contribution is 7.16. The summed E-state index contributed by atoms with van der Waals surface area (Å²) >= 11 is 1.45. The summed E-state index contributed by atoms with van der Waals surface area (Å²) in [5, 5.41) is 2.97. The lowest BCUT2D eigenvalue weighted by molar-refractivity contribution is 0.194. The van der Waals surface area contributed by atoms with Gasteiger partial charge in [0.05, 0.1) is 5.51 Å². The average molecular weight is 369 g/mol. The van der Waals surface area contributed by atoms with Crippen molar-refractivity contribution in [1.82, 2.24) is 25.2 Å². The maximum absolute atomic E-state index is 12.4. The summed E-state index contributed by atoms with van der Waals surface area (Å²) < 4.78 is 0. The number of nitrogens with two attached hydrogens (primary N) is 1. The zero-order valence-corrected chi connectivity index (χ0v) is 14.9. The lowest BCUT2D eigenvalue weighted by atomic mass is 10.2. The van der Waals surface area contributed by atoms with Gasteiger partial charge >= 0.3 is 6.03 Å². The van der Waals surface area contributed by atoms with E-state index in [-0.39, 0.29) is 12.0 Å². The third-order valence-corrected chi connectivity index (χ3v) is 5.07. The standard InChI is InChI=1S/C17H19N7OS/c18-16-21-14(13-15(22-16)26-11-20-13)23-6-8-24(9-7-23)17(25)19-10-12-4-2-1-3-5-12/h1-5,11H,6-10H2,(H,19,25)(H2,18,21,22). The Bertz CT molecular complexity index is 906. The number of carbonyl (C=O) groups excluding carboxylic acids is 1. The Labute approximate surface area is 154 Å². The number of anilines is 2. The maximum Gasteiger partial charge on any atom is 0.317 e.